The van der Waals surface area contributed by atoms with Gasteiger partial charge in [0.15, 0.2) is 0 Å². The van der Waals surface area contributed by atoms with Crippen molar-refractivity contribution in [2.24, 2.45) is 0 Å². The molecule has 1 aromatic carbocycles. The topological polar surface area (TPSA) is 55.3 Å². The maximum absolute atomic E-state index is 5.47. The van der Waals surface area contributed by atoms with Gasteiger partial charge in [-0.25, -0.2) is 0 Å². The number of ether oxygens (including phenoxy) is 3. The van der Waals surface area contributed by atoms with Crippen molar-refractivity contribution in [1.29, 1.82) is 0 Å². The van der Waals surface area contributed by atoms with E-state index >= 15 is 0 Å². The van der Waals surface area contributed by atoms with Crippen molar-refractivity contribution < 1.29 is 19.9 Å². The van der Waals surface area contributed by atoms with E-state index in [-0.39, 0.29) is 0 Å². The van der Waals surface area contributed by atoms with Gasteiger partial charge in [-0.3, -0.25) is 0 Å². The maximum atomic E-state index is 5.47. The standard InChI is InChI=1S/C12H18INO3/c1-7(14)5-8-9(15-2)6-10(16-3)11(13)12(8)17-4/h6-7H,5,14H2,1-4H3/p+1. The summed E-state index contributed by atoms with van der Waals surface area (Å²) in [6, 6.07) is 2.18. The molecule has 0 spiro atoms. The molecule has 1 atom stereocenters. The molecule has 0 bridgehead atoms. The van der Waals surface area contributed by atoms with E-state index < -0.39 is 0 Å². The number of quaternary nitrogens is 1. The van der Waals surface area contributed by atoms with Gasteiger partial charge in [0.1, 0.15) is 17.2 Å². The van der Waals surface area contributed by atoms with Crippen LogP contribution < -0.4 is 19.9 Å². The molecule has 5 heteroatoms. The Balaban J connectivity index is 3.37. The van der Waals surface area contributed by atoms with Crippen LogP contribution >= 0.6 is 22.6 Å². The molecule has 0 aliphatic heterocycles. The molecule has 0 heterocycles. The Morgan fingerprint density at radius 2 is 1.76 bits per heavy atom. The fourth-order valence-corrected chi connectivity index (χ4v) is 2.63. The van der Waals surface area contributed by atoms with Crippen molar-refractivity contribution in [3.63, 3.8) is 0 Å². The molecule has 17 heavy (non-hydrogen) atoms. The predicted molar refractivity (Wildman–Crippen MR) is 74.9 cm³/mol. The Hall–Kier alpha value is -0.690. The lowest BCUT2D eigenvalue weighted by molar-refractivity contribution is -0.413. The van der Waals surface area contributed by atoms with Gasteiger partial charge in [0, 0.05) is 18.1 Å². The second kappa shape index (κ2) is 6.30. The van der Waals surface area contributed by atoms with Gasteiger partial charge in [0.2, 0.25) is 0 Å². The van der Waals surface area contributed by atoms with Crippen LogP contribution in [0.5, 0.6) is 17.2 Å². The van der Waals surface area contributed by atoms with Crippen LogP contribution in [0, 0.1) is 3.57 Å². The molecule has 0 saturated carbocycles. The fraction of sp³-hybridized carbons (Fsp3) is 0.500. The van der Waals surface area contributed by atoms with Gasteiger partial charge < -0.3 is 19.9 Å². The Morgan fingerprint density at radius 1 is 1.18 bits per heavy atom. The monoisotopic (exact) mass is 352 g/mol. The molecule has 3 N–H and O–H groups in total. The van der Waals surface area contributed by atoms with Crippen molar-refractivity contribution in [2.75, 3.05) is 21.3 Å². The number of hydrogen-bond acceptors (Lipinski definition) is 3. The second-order valence-electron chi connectivity index (χ2n) is 3.92. The minimum absolute atomic E-state index is 0.294. The van der Waals surface area contributed by atoms with E-state index in [4.69, 9.17) is 14.2 Å². The third kappa shape index (κ3) is 3.16. The van der Waals surface area contributed by atoms with Crippen LogP contribution in [-0.2, 0) is 6.42 Å². The van der Waals surface area contributed by atoms with E-state index in [1.54, 1.807) is 21.3 Å². The zero-order chi connectivity index (χ0) is 13.0. The predicted octanol–water partition coefficient (Wildman–Crippen LogP) is 1.49. The van der Waals surface area contributed by atoms with E-state index in [0.29, 0.717) is 6.04 Å². The average molecular weight is 352 g/mol. The van der Waals surface area contributed by atoms with E-state index in [1.165, 1.54) is 0 Å². The van der Waals surface area contributed by atoms with Crippen LogP contribution in [0.2, 0.25) is 0 Å². The normalized spacial score (nSPS) is 12.1. The van der Waals surface area contributed by atoms with Crippen molar-refractivity contribution in [3.8, 4) is 17.2 Å². The van der Waals surface area contributed by atoms with Crippen molar-refractivity contribution in [3.05, 3.63) is 15.2 Å². The lowest BCUT2D eigenvalue weighted by Crippen LogP contribution is -2.60. The number of halogens is 1. The van der Waals surface area contributed by atoms with E-state index in [9.17, 15) is 0 Å². The summed E-state index contributed by atoms with van der Waals surface area (Å²) in [4.78, 5) is 0. The Kier molecular flexibility index (Phi) is 5.32. The summed E-state index contributed by atoms with van der Waals surface area (Å²) in [7, 11) is 4.95. The van der Waals surface area contributed by atoms with Crippen molar-refractivity contribution in [2.45, 2.75) is 19.4 Å². The van der Waals surface area contributed by atoms with Crippen LogP contribution in [0.4, 0.5) is 0 Å². The third-order valence-electron chi connectivity index (χ3n) is 2.45. The van der Waals surface area contributed by atoms with Gasteiger partial charge in [-0.1, -0.05) is 0 Å². The first-order valence-corrected chi connectivity index (χ1v) is 6.43. The van der Waals surface area contributed by atoms with E-state index in [0.717, 1.165) is 32.8 Å². The zero-order valence-corrected chi connectivity index (χ0v) is 12.8. The minimum atomic E-state index is 0.294. The van der Waals surface area contributed by atoms with Crippen molar-refractivity contribution >= 4 is 22.6 Å². The van der Waals surface area contributed by atoms with Gasteiger partial charge in [0.05, 0.1) is 30.9 Å². The SMILES string of the molecule is COc1cc(OC)c(CC(C)[NH3+])c(OC)c1I. The fourth-order valence-electron chi connectivity index (χ4n) is 1.71. The minimum Gasteiger partial charge on any atom is -0.496 e. The lowest BCUT2D eigenvalue weighted by Gasteiger charge is -2.17. The number of hydrogen-bond donors (Lipinski definition) is 1. The van der Waals surface area contributed by atoms with Crippen LogP contribution in [-0.4, -0.2) is 27.4 Å². The van der Waals surface area contributed by atoms with Crippen molar-refractivity contribution in [1.82, 2.24) is 0 Å². The summed E-state index contributed by atoms with van der Waals surface area (Å²) in [5.41, 5.74) is 5.06. The summed E-state index contributed by atoms with van der Waals surface area (Å²) in [6.07, 6.45) is 0.812. The molecule has 0 saturated heterocycles. The number of methoxy groups -OCH3 is 3. The summed E-state index contributed by atoms with van der Waals surface area (Å²) in [5.74, 6) is 2.37. The Bertz CT molecular complexity index is 394. The highest BCUT2D eigenvalue weighted by Gasteiger charge is 2.20. The van der Waals surface area contributed by atoms with E-state index in [1.807, 2.05) is 6.07 Å². The van der Waals surface area contributed by atoms with Gasteiger partial charge in [-0.05, 0) is 29.5 Å². The molecule has 96 valence electrons. The van der Waals surface area contributed by atoms with Gasteiger partial charge in [0.25, 0.3) is 0 Å². The molecule has 0 amide bonds. The molecular formula is C12H19INO3+. The van der Waals surface area contributed by atoms with Crippen LogP contribution in [0.1, 0.15) is 12.5 Å². The van der Waals surface area contributed by atoms with Crippen LogP contribution in [0.15, 0.2) is 6.07 Å². The first-order valence-electron chi connectivity index (χ1n) is 5.35. The first-order chi connectivity index (χ1) is 8.04. The highest BCUT2D eigenvalue weighted by Crippen LogP contribution is 2.40. The van der Waals surface area contributed by atoms with Gasteiger partial charge in [-0.15, -0.1) is 0 Å². The summed E-state index contributed by atoms with van der Waals surface area (Å²) in [6.45, 7) is 2.07. The third-order valence-corrected chi connectivity index (χ3v) is 3.47. The molecule has 0 aliphatic rings. The Labute approximate surface area is 116 Å². The first kappa shape index (κ1) is 14.4. The zero-order valence-electron chi connectivity index (χ0n) is 10.7. The van der Waals surface area contributed by atoms with Gasteiger partial charge >= 0.3 is 0 Å². The lowest BCUT2D eigenvalue weighted by atomic mass is 10.0. The van der Waals surface area contributed by atoms with Gasteiger partial charge in [-0.2, -0.15) is 0 Å². The molecule has 1 rings (SSSR count). The smallest absolute Gasteiger partial charge is 0.143 e. The molecular weight excluding hydrogens is 333 g/mol. The molecule has 0 aromatic heterocycles. The highest BCUT2D eigenvalue weighted by molar-refractivity contribution is 14.1. The average Bonchev–Trinajstić information content (AvgIpc) is 2.29. The van der Waals surface area contributed by atoms with Crippen LogP contribution in [0.3, 0.4) is 0 Å². The van der Waals surface area contributed by atoms with E-state index in [2.05, 4.69) is 35.2 Å². The summed E-state index contributed by atoms with van der Waals surface area (Å²) in [5, 5.41) is 0. The molecule has 1 aromatic rings. The largest absolute Gasteiger partial charge is 0.496 e. The molecule has 4 nitrogen and oxygen atoms in total. The second-order valence-corrected chi connectivity index (χ2v) is 4.99. The molecule has 0 aliphatic carbocycles. The summed E-state index contributed by atoms with van der Waals surface area (Å²) >= 11 is 2.22. The summed E-state index contributed by atoms with van der Waals surface area (Å²) < 4.78 is 17.1. The number of benzene rings is 1. The van der Waals surface area contributed by atoms with Crippen LogP contribution in [0.25, 0.3) is 0 Å². The quantitative estimate of drug-likeness (QED) is 0.817. The maximum Gasteiger partial charge on any atom is 0.143 e. The number of rotatable bonds is 5. The molecule has 1 unspecified atom stereocenters. The molecule has 0 radical (unpaired) electrons. The molecule has 0 fully saturated rings. The highest BCUT2D eigenvalue weighted by atomic mass is 127. The Morgan fingerprint density at radius 3 is 2.18 bits per heavy atom.